The summed E-state index contributed by atoms with van der Waals surface area (Å²) in [6, 6.07) is 11.8. The van der Waals surface area contributed by atoms with Crippen molar-refractivity contribution in [3.05, 3.63) is 59.2 Å². The molecule has 0 aliphatic carbocycles. The molecular weight excluding hydrogens is 348 g/mol. The van der Waals surface area contributed by atoms with E-state index in [1.807, 2.05) is 39.8 Å². The number of rotatable bonds is 6. The third kappa shape index (κ3) is 4.85. The van der Waals surface area contributed by atoms with Crippen molar-refractivity contribution >= 4 is 21.6 Å². The number of hydrogen-bond acceptors (Lipinski definition) is 3. The van der Waals surface area contributed by atoms with E-state index in [0.717, 1.165) is 5.56 Å². The van der Waals surface area contributed by atoms with Gasteiger partial charge in [0, 0.05) is 17.3 Å². The third-order valence-electron chi connectivity index (χ3n) is 4.40. The fourth-order valence-corrected chi connectivity index (χ4v) is 3.65. The van der Waals surface area contributed by atoms with Gasteiger partial charge in [-0.2, -0.15) is 0 Å². The summed E-state index contributed by atoms with van der Waals surface area (Å²) < 4.78 is 28.1. The lowest BCUT2D eigenvalue weighted by Crippen LogP contribution is -2.36. The van der Waals surface area contributed by atoms with Crippen molar-refractivity contribution in [2.75, 3.05) is 4.72 Å². The molecule has 0 saturated carbocycles. The SMILES string of the molecule is Cc1ccc(NS(=O)(=O)c2cc(C(=O)N[C@H](C)C(C)C)ccc2C)cc1. The molecule has 2 aromatic carbocycles. The summed E-state index contributed by atoms with van der Waals surface area (Å²) in [5, 5.41) is 2.90. The molecule has 1 atom stereocenters. The zero-order valence-electron chi connectivity index (χ0n) is 15.8. The fourth-order valence-electron chi connectivity index (χ4n) is 2.32. The number of nitrogens with one attached hydrogen (secondary N) is 2. The molecule has 2 rings (SSSR count). The summed E-state index contributed by atoms with van der Waals surface area (Å²) in [6.45, 7) is 9.60. The summed E-state index contributed by atoms with van der Waals surface area (Å²) in [6.07, 6.45) is 0. The lowest BCUT2D eigenvalue weighted by molar-refractivity contribution is 0.0930. The van der Waals surface area contributed by atoms with Crippen LogP contribution in [0, 0.1) is 19.8 Å². The zero-order valence-corrected chi connectivity index (χ0v) is 16.6. The van der Waals surface area contributed by atoms with Crippen molar-refractivity contribution < 1.29 is 13.2 Å². The van der Waals surface area contributed by atoms with E-state index >= 15 is 0 Å². The number of carbonyl (C=O) groups is 1. The van der Waals surface area contributed by atoms with Crippen molar-refractivity contribution in [1.82, 2.24) is 5.32 Å². The molecule has 0 fully saturated rings. The Bertz CT molecular complexity index is 888. The second-order valence-corrected chi connectivity index (χ2v) is 8.61. The van der Waals surface area contributed by atoms with Gasteiger partial charge in [-0.25, -0.2) is 8.42 Å². The number of sulfonamides is 1. The Morgan fingerprint density at radius 1 is 0.962 bits per heavy atom. The van der Waals surface area contributed by atoms with Crippen LogP contribution in [0.4, 0.5) is 5.69 Å². The maximum absolute atomic E-state index is 12.8. The molecule has 0 aliphatic rings. The van der Waals surface area contributed by atoms with Crippen molar-refractivity contribution in [2.45, 2.75) is 45.6 Å². The maximum Gasteiger partial charge on any atom is 0.262 e. The molecule has 0 aromatic heterocycles. The van der Waals surface area contributed by atoms with Crippen LogP contribution in [0.25, 0.3) is 0 Å². The van der Waals surface area contributed by atoms with Gasteiger partial charge in [-0.1, -0.05) is 37.6 Å². The highest BCUT2D eigenvalue weighted by atomic mass is 32.2. The van der Waals surface area contributed by atoms with Crippen molar-refractivity contribution in [1.29, 1.82) is 0 Å². The Labute approximate surface area is 155 Å². The van der Waals surface area contributed by atoms with Gasteiger partial charge in [-0.3, -0.25) is 9.52 Å². The van der Waals surface area contributed by atoms with Crippen LogP contribution in [-0.4, -0.2) is 20.4 Å². The lowest BCUT2D eigenvalue weighted by atomic mass is 10.1. The van der Waals surface area contributed by atoms with E-state index in [1.165, 1.54) is 6.07 Å². The first kappa shape index (κ1) is 20.0. The van der Waals surface area contributed by atoms with E-state index in [1.54, 1.807) is 31.2 Å². The summed E-state index contributed by atoms with van der Waals surface area (Å²) >= 11 is 0. The fraction of sp³-hybridized carbons (Fsp3) is 0.350. The normalized spacial score (nSPS) is 12.7. The largest absolute Gasteiger partial charge is 0.349 e. The smallest absolute Gasteiger partial charge is 0.262 e. The number of benzene rings is 2. The van der Waals surface area contributed by atoms with E-state index in [-0.39, 0.29) is 22.8 Å². The second-order valence-electron chi connectivity index (χ2n) is 6.96. The standard InChI is InChI=1S/C20H26N2O3S/c1-13(2)16(5)21-20(23)17-9-8-15(4)19(12-17)26(24,25)22-18-10-6-14(3)7-11-18/h6-13,16,22H,1-5H3,(H,21,23)/t16-/m1/s1. The maximum atomic E-state index is 12.8. The molecule has 0 saturated heterocycles. The minimum Gasteiger partial charge on any atom is -0.349 e. The second kappa shape index (κ2) is 7.91. The molecule has 2 aromatic rings. The molecule has 0 unspecified atom stereocenters. The molecule has 6 heteroatoms. The molecule has 0 heterocycles. The highest BCUT2D eigenvalue weighted by Gasteiger charge is 2.20. The average molecular weight is 375 g/mol. The zero-order chi connectivity index (χ0) is 19.5. The molecular formula is C20H26N2O3S. The van der Waals surface area contributed by atoms with Gasteiger partial charge >= 0.3 is 0 Å². The third-order valence-corrected chi connectivity index (χ3v) is 5.93. The van der Waals surface area contributed by atoms with E-state index < -0.39 is 10.0 Å². The van der Waals surface area contributed by atoms with Gasteiger partial charge < -0.3 is 5.32 Å². The van der Waals surface area contributed by atoms with E-state index in [0.29, 0.717) is 16.8 Å². The molecule has 1 amide bonds. The van der Waals surface area contributed by atoms with E-state index in [2.05, 4.69) is 10.0 Å². The number of carbonyl (C=O) groups excluding carboxylic acids is 1. The highest BCUT2D eigenvalue weighted by molar-refractivity contribution is 7.92. The van der Waals surface area contributed by atoms with Gasteiger partial charge in [-0.05, 0) is 56.5 Å². The van der Waals surface area contributed by atoms with Crippen molar-refractivity contribution in [2.24, 2.45) is 5.92 Å². The van der Waals surface area contributed by atoms with E-state index in [4.69, 9.17) is 0 Å². The average Bonchev–Trinajstić information content (AvgIpc) is 2.56. The summed E-state index contributed by atoms with van der Waals surface area (Å²) in [5.41, 5.74) is 2.44. The molecule has 0 aliphatic heterocycles. The predicted molar refractivity (Wildman–Crippen MR) is 105 cm³/mol. The van der Waals surface area contributed by atoms with Gasteiger partial charge in [0.15, 0.2) is 0 Å². The summed E-state index contributed by atoms with van der Waals surface area (Å²) in [7, 11) is -3.79. The molecule has 26 heavy (non-hydrogen) atoms. The van der Waals surface area contributed by atoms with Crippen LogP contribution in [0.5, 0.6) is 0 Å². The van der Waals surface area contributed by atoms with Gasteiger partial charge in [0.05, 0.1) is 4.90 Å². The summed E-state index contributed by atoms with van der Waals surface area (Å²) in [4.78, 5) is 12.5. The lowest BCUT2D eigenvalue weighted by Gasteiger charge is -2.18. The monoisotopic (exact) mass is 374 g/mol. The van der Waals surface area contributed by atoms with Crippen LogP contribution >= 0.6 is 0 Å². The molecule has 0 spiro atoms. The number of aryl methyl sites for hydroxylation is 2. The molecule has 2 N–H and O–H groups in total. The van der Waals surface area contributed by atoms with Crippen LogP contribution < -0.4 is 10.0 Å². The van der Waals surface area contributed by atoms with Crippen LogP contribution in [0.3, 0.4) is 0 Å². The molecule has 5 nitrogen and oxygen atoms in total. The minimum absolute atomic E-state index is 0.00505. The van der Waals surface area contributed by atoms with Gasteiger partial charge in [0.25, 0.3) is 15.9 Å². The topological polar surface area (TPSA) is 75.3 Å². The summed E-state index contributed by atoms with van der Waals surface area (Å²) in [5.74, 6) is 0.00814. The first-order chi connectivity index (χ1) is 12.1. The number of anilines is 1. The van der Waals surface area contributed by atoms with Crippen LogP contribution in [0.1, 0.15) is 42.3 Å². The van der Waals surface area contributed by atoms with Gasteiger partial charge in [-0.15, -0.1) is 0 Å². The Kier molecular flexibility index (Phi) is 6.08. The highest BCUT2D eigenvalue weighted by Crippen LogP contribution is 2.21. The molecule has 140 valence electrons. The van der Waals surface area contributed by atoms with Gasteiger partial charge in [0.2, 0.25) is 0 Å². The van der Waals surface area contributed by atoms with Crippen molar-refractivity contribution in [3.63, 3.8) is 0 Å². The van der Waals surface area contributed by atoms with Crippen LogP contribution in [-0.2, 0) is 10.0 Å². The van der Waals surface area contributed by atoms with Crippen molar-refractivity contribution in [3.8, 4) is 0 Å². The first-order valence-electron chi connectivity index (χ1n) is 8.61. The Balaban J connectivity index is 2.30. The quantitative estimate of drug-likeness (QED) is 0.806. The van der Waals surface area contributed by atoms with Crippen LogP contribution in [0.15, 0.2) is 47.4 Å². The minimum atomic E-state index is -3.79. The van der Waals surface area contributed by atoms with Crippen LogP contribution in [0.2, 0.25) is 0 Å². The number of hydrogen-bond donors (Lipinski definition) is 2. The Morgan fingerprint density at radius 3 is 2.15 bits per heavy atom. The molecule has 0 bridgehead atoms. The Hall–Kier alpha value is -2.34. The predicted octanol–water partition coefficient (Wildman–Crippen LogP) is 3.88. The number of amides is 1. The molecule has 0 radical (unpaired) electrons. The first-order valence-corrected chi connectivity index (χ1v) is 10.1. The van der Waals surface area contributed by atoms with E-state index in [9.17, 15) is 13.2 Å². The van der Waals surface area contributed by atoms with Gasteiger partial charge in [0.1, 0.15) is 0 Å². The Morgan fingerprint density at radius 2 is 1.58 bits per heavy atom.